The normalized spacial score (nSPS) is 41.6. The molecular weight excluding hydrogens is 196 g/mol. The minimum atomic E-state index is 0.280. The summed E-state index contributed by atoms with van der Waals surface area (Å²) in [7, 11) is 0. The van der Waals surface area contributed by atoms with Crippen molar-refractivity contribution in [2.75, 3.05) is 6.61 Å². The summed E-state index contributed by atoms with van der Waals surface area (Å²) in [5, 5.41) is 0. The van der Waals surface area contributed by atoms with Crippen molar-refractivity contribution in [3.8, 4) is 0 Å². The molecule has 0 amide bonds. The van der Waals surface area contributed by atoms with Gasteiger partial charge in [0, 0.05) is 5.41 Å². The van der Waals surface area contributed by atoms with Gasteiger partial charge in [-0.25, -0.2) is 0 Å². The average Bonchev–Trinajstić information content (AvgIpc) is 2.14. The molecule has 0 aromatic carbocycles. The lowest BCUT2D eigenvalue weighted by Crippen LogP contribution is -2.51. The minimum Gasteiger partial charge on any atom is -0.501 e. The third-order valence-corrected chi connectivity index (χ3v) is 4.65. The molecule has 1 saturated carbocycles. The first-order valence-electron chi connectivity index (χ1n) is 6.56. The van der Waals surface area contributed by atoms with Crippen molar-refractivity contribution in [3.63, 3.8) is 0 Å². The number of fused-ring (bicyclic) bond motifs is 4. The molecule has 92 valence electrons. The van der Waals surface area contributed by atoms with Gasteiger partial charge in [-0.3, -0.25) is 0 Å². The molecule has 2 aliphatic heterocycles. The van der Waals surface area contributed by atoms with E-state index in [1.54, 1.807) is 0 Å². The van der Waals surface area contributed by atoms with Crippen molar-refractivity contribution >= 4 is 0 Å². The van der Waals surface area contributed by atoms with Crippen LogP contribution in [0, 0.1) is 22.2 Å². The number of allylic oxidation sites excluding steroid dienone is 1. The van der Waals surface area contributed by atoms with Crippen LogP contribution in [-0.4, -0.2) is 6.61 Å². The van der Waals surface area contributed by atoms with E-state index in [1.807, 2.05) is 6.26 Å². The summed E-state index contributed by atoms with van der Waals surface area (Å²) in [4.78, 5) is 0. The van der Waals surface area contributed by atoms with Crippen LogP contribution in [0.3, 0.4) is 0 Å². The van der Waals surface area contributed by atoms with Gasteiger partial charge < -0.3 is 4.74 Å². The summed E-state index contributed by atoms with van der Waals surface area (Å²) in [5.41, 5.74) is 1.26. The van der Waals surface area contributed by atoms with Crippen molar-refractivity contribution in [1.29, 1.82) is 0 Å². The van der Waals surface area contributed by atoms with E-state index in [1.165, 1.54) is 19.3 Å². The van der Waals surface area contributed by atoms with Crippen LogP contribution in [0.1, 0.15) is 53.9 Å². The van der Waals surface area contributed by atoms with Gasteiger partial charge in [0.25, 0.3) is 0 Å². The molecule has 2 bridgehead atoms. The fourth-order valence-corrected chi connectivity index (χ4v) is 4.06. The Balaban J connectivity index is 2.19. The van der Waals surface area contributed by atoms with Crippen LogP contribution in [0.2, 0.25) is 0 Å². The summed E-state index contributed by atoms with van der Waals surface area (Å²) >= 11 is 0. The van der Waals surface area contributed by atoms with Crippen LogP contribution in [0.5, 0.6) is 0 Å². The highest BCUT2D eigenvalue weighted by Crippen LogP contribution is 2.62. The molecular formula is C15H26O. The fourth-order valence-electron chi connectivity index (χ4n) is 4.06. The van der Waals surface area contributed by atoms with Gasteiger partial charge >= 0.3 is 0 Å². The van der Waals surface area contributed by atoms with Crippen LogP contribution in [0.25, 0.3) is 0 Å². The molecule has 1 aliphatic carbocycles. The summed E-state index contributed by atoms with van der Waals surface area (Å²) in [6.07, 6.45) is 8.14. The minimum absolute atomic E-state index is 0.280. The van der Waals surface area contributed by atoms with Crippen molar-refractivity contribution < 1.29 is 4.74 Å². The molecule has 0 saturated heterocycles. The second-order valence-corrected chi connectivity index (χ2v) is 7.46. The van der Waals surface area contributed by atoms with E-state index in [0.29, 0.717) is 10.8 Å². The zero-order valence-corrected chi connectivity index (χ0v) is 11.5. The van der Waals surface area contributed by atoms with E-state index in [9.17, 15) is 0 Å². The van der Waals surface area contributed by atoms with E-state index in [0.717, 1.165) is 12.5 Å². The second-order valence-electron chi connectivity index (χ2n) is 7.46. The van der Waals surface area contributed by atoms with E-state index in [-0.39, 0.29) is 5.41 Å². The van der Waals surface area contributed by atoms with Crippen LogP contribution < -0.4 is 0 Å². The molecule has 0 N–H and O–H groups in total. The zero-order chi connectivity index (χ0) is 12.0. The Morgan fingerprint density at radius 3 is 2.25 bits per heavy atom. The molecule has 0 radical (unpaired) electrons. The number of ether oxygens (including phenoxy) is 1. The van der Waals surface area contributed by atoms with E-state index < -0.39 is 0 Å². The molecule has 16 heavy (non-hydrogen) atoms. The Kier molecular flexibility index (Phi) is 2.64. The van der Waals surface area contributed by atoms with Crippen LogP contribution >= 0.6 is 0 Å². The highest BCUT2D eigenvalue weighted by molar-refractivity contribution is 5.08. The van der Waals surface area contributed by atoms with Gasteiger partial charge in [-0.05, 0) is 42.1 Å². The monoisotopic (exact) mass is 222 g/mol. The van der Waals surface area contributed by atoms with Crippen molar-refractivity contribution in [2.45, 2.75) is 53.9 Å². The zero-order valence-electron chi connectivity index (χ0n) is 11.5. The van der Waals surface area contributed by atoms with Crippen LogP contribution in [-0.2, 0) is 4.74 Å². The predicted octanol–water partition coefficient (Wildman–Crippen LogP) is 4.39. The lowest BCUT2D eigenvalue weighted by Gasteiger charge is -2.58. The Morgan fingerprint density at radius 2 is 1.69 bits per heavy atom. The first kappa shape index (κ1) is 12.0. The standard InChI is InChI=1S/C15H26O/c1-12(2)15-9-14(5,10-15)8-13(3,4)6-7-16-11-15/h6-7,12H,8-11H2,1-5H3. The number of hydrogen-bond acceptors (Lipinski definition) is 1. The van der Waals surface area contributed by atoms with Gasteiger partial charge in [0.1, 0.15) is 0 Å². The molecule has 0 atom stereocenters. The lowest BCUT2D eigenvalue weighted by molar-refractivity contribution is -0.108. The van der Waals surface area contributed by atoms with Crippen molar-refractivity contribution in [2.24, 2.45) is 22.2 Å². The van der Waals surface area contributed by atoms with Gasteiger partial charge in [-0.1, -0.05) is 34.6 Å². The van der Waals surface area contributed by atoms with Gasteiger partial charge in [0.15, 0.2) is 0 Å². The Hall–Kier alpha value is -0.460. The van der Waals surface area contributed by atoms with Gasteiger partial charge in [-0.15, -0.1) is 0 Å². The molecule has 1 nitrogen and oxygen atoms in total. The Bertz CT molecular complexity index is 293. The molecule has 1 fully saturated rings. The Morgan fingerprint density at radius 1 is 1.06 bits per heavy atom. The first-order chi connectivity index (χ1) is 7.27. The molecule has 0 aromatic heterocycles. The highest BCUT2D eigenvalue weighted by atomic mass is 16.5. The lowest BCUT2D eigenvalue weighted by atomic mass is 9.47. The average molecular weight is 222 g/mol. The molecule has 1 heteroatoms. The smallest absolute Gasteiger partial charge is 0.0932 e. The second kappa shape index (κ2) is 3.51. The third kappa shape index (κ3) is 2.01. The van der Waals surface area contributed by atoms with Gasteiger partial charge in [-0.2, -0.15) is 0 Å². The molecule has 0 spiro atoms. The summed E-state index contributed by atoms with van der Waals surface area (Å²) in [5.74, 6) is 0.732. The molecule has 3 rings (SSSR count). The summed E-state index contributed by atoms with van der Waals surface area (Å²) < 4.78 is 5.77. The maximum absolute atomic E-state index is 5.77. The quantitative estimate of drug-likeness (QED) is 0.639. The third-order valence-electron chi connectivity index (χ3n) is 4.65. The fraction of sp³-hybridized carbons (Fsp3) is 0.867. The molecule has 0 unspecified atom stereocenters. The predicted molar refractivity (Wildman–Crippen MR) is 68.1 cm³/mol. The van der Waals surface area contributed by atoms with Crippen molar-refractivity contribution in [1.82, 2.24) is 0 Å². The van der Waals surface area contributed by atoms with Crippen molar-refractivity contribution in [3.05, 3.63) is 12.3 Å². The largest absolute Gasteiger partial charge is 0.501 e. The maximum atomic E-state index is 5.77. The first-order valence-corrected chi connectivity index (χ1v) is 6.56. The summed E-state index contributed by atoms with van der Waals surface area (Å²) in [6, 6.07) is 0. The summed E-state index contributed by atoms with van der Waals surface area (Å²) in [6.45, 7) is 12.7. The molecule has 0 aromatic rings. The maximum Gasteiger partial charge on any atom is 0.0932 e. The highest BCUT2D eigenvalue weighted by Gasteiger charge is 2.55. The van der Waals surface area contributed by atoms with E-state index in [2.05, 4.69) is 40.7 Å². The number of hydrogen-bond donors (Lipinski definition) is 0. The molecule has 3 aliphatic rings. The molecule has 2 heterocycles. The SMILES string of the molecule is CC(C)C12COC=CC(C)(C)CC(C)(C1)C2. The Labute approximate surface area is 100 Å². The number of rotatable bonds is 1. The van der Waals surface area contributed by atoms with E-state index >= 15 is 0 Å². The van der Waals surface area contributed by atoms with Crippen LogP contribution in [0.15, 0.2) is 12.3 Å². The van der Waals surface area contributed by atoms with Gasteiger partial charge in [0.2, 0.25) is 0 Å². The topological polar surface area (TPSA) is 9.23 Å². The van der Waals surface area contributed by atoms with Crippen LogP contribution in [0.4, 0.5) is 0 Å². The van der Waals surface area contributed by atoms with Gasteiger partial charge in [0.05, 0.1) is 12.9 Å². The van der Waals surface area contributed by atoms with E-state index in [4.69, 9.17) is 4.74 Å².